The molecule has 0 atom stereocenters. The first-order valence-electron chi connectivity index (χ1n) is 21.3. The van der Waals surface area contributed by atoms with Crippen molar-refractivity contribution < 1.29 is 2.74 Å². The molecule has 10 aromatic rings. The molecule has 0 radical (unpaired) electrons. The molecule has 0 amide bonds. The monoisotopic (exact) mass is 756 g/mol. The van der Waals surface area contributed by atoms with Gasteiger partial charge in [-0.3, -0.25) is 0 Å². The summed E-state index contributed by atoms with van der Waals surface area (Å²) in [6, 6.07) is 73.0. The van der Waals surface area contributed by atoms with Gasteiger partial charge >= 0.3 is 0 Å². The van der Waals surface area contributed by atoms with Crippen molar-refractivity contribution >= 4 is 61.7 Å². The SMILES string of the molecule is [2H]/C(=C(/[2H])c1ccc2c(c1)C(C)(C)c1cc(-c3ccc4c(c3)c3ccccc3n4-c3ccccc3)ccc1-2)c1ccc(N(c2ccccc2)c2ccc3ccccc3c2)cc1. The second-order valence-corrected chi connectivity index (χ2v) is 16.1. The lowest BCUT2D eigenvalue weighted by atomic mass is 9.81. The predicted octanol–water partition coefficient (Wildman–Crippen LogP) is 15.6. The zero-order valence-electron chi connectivity index (χ0n) is 35.0. The van der Waals surface area contributed by atoms with Crippen molar-refractivity contribution in [2.45, 2.75) is 19.3 Å². The summed E-state index contributed by atoms with van der Waals surface area (Å²) in [6.45, 7) is 4.56. The Balaban J connectivity index is 0.910. The van der Waals surface area contributed by atoms with Crippen LogP contribution in [0.5, 0.6) is 0 Å². The average Bonchev–Trinajstić information content (AvgIpc) is 3.76. The summed E-state index contributed by atoms with van der Waals surface area (Å²) < 4.78 is 20.9. The van der Waals surface area contributed by atoms with Gasteiger partial charge in [-0.25, -0.2) is 0 Å². The summed E-state index contributed by atoms with van der Waals surface area (Å²) in [5.74, 6) is 0. The normalized spacial score (nSPS) is 13.8. The number of fused-ring (bicyclic) bond motifs is 7. The van der Waals surface area contributed by atoms with Crippen molar-refractivity contribution in [3.8, 4) is 27.9 Å². The van der Waals surface area contributed by atoms with Crippen LogP contribution in [0.4, 0.5) is 17.1 Å². The van der Waals surface area contributed by atoms with Crippen LogP contribution in [0.2, 0.25) is 0 Å². The summed E-state index contributed by atoms with van der Waals surface area (Å²) >= 11 is 0. The van der Waals surface area contributed by atoms with Gasteiger partial charge < -0.3 is 9.47 Å². The van der Waals surface area contributed by atoms with E-state index in [-0.39, 0.29) is 17.5 Å². The summed E-state index contributed by atoms with van der Waals surface area (Å²) in [5.41, 5.74) is 15.0. The van der Waals surface area contributed by atoms with Crippen LogP contribution in [0.25, 0.3) is 72.6 Å². The Hall–Kier alpha value is -7.42. The average molecular weight is 757 g/mol. The first-order valence-corrected chi connectivity index (χ1v) is 20.3. The summed E-state index contributed by atoms with van der Waals surface area (Å²) in [7, 11) is 0. The van der Waals surface area contributed by atoms with E-state index in [1.165, 1.54) is 66.0 Å². The van der Waals surface area contributed by atoms with E-state index >= 15 is 0 Å². The summed E-state index contributed by atoms with van der Waals surface area (Å²) in [4.78, 5) is 2.24. The Labute approximate surface area is 348 Å². The maximum atomic E-state index is 9.30. The molecule has 2 heteroatoms. The van der Waals surface area contributed by atoms with E-state index < -0.39 is 0 Å². The second-order valence-electron chi connectivity index (χ2n) is 16.1. The fourth-order valence-electron chi connectivity index (χ4n) is 9.18. The Morgan fingerprint density at radius 1 is 0.441 bits per heavy atom. The highest BCUT2D eigenvalue weighted by molar-refractivity contribution is 6.10. The molecule has 11 rings (SSSR count). The van der Waals surface area contributed by atoms with E-state index in [2.05, 4.69) is 205 Å². The van der Waals surface area contributed by atoms with Gasteiger partial charge in [0.05, 0.1) is 13.8 Å². The third-order valence-corrected chi connectivity index (χ3v) is 12.2. The molecule has 0 aliphatic heterocycles. The van der Waals surface area contributed by atoms with Gasteiger partial charge in [0, 0.05) is 38.9 Å². The number of nitrogens with zero attached hydrogens (tertiary/aromatic N) is 2. The van der Waals surface area contributed by atoms with E-state index in [0.717, 1.165) is 28.3 Å². The zero-order chi connectivity index (χ0) is 41.2. The van der Waals surface area contributed by atoms with Gasteiger partial charge in [-0.1, -0.05) is 159 Å². The Kier molecular flexibility index (Phi) is 7.69. The van der Waals surface area contributed by atoms with Crippen LogP contribution in [-0.2, 0) is 5.41 Å². The van der Waals surface area contributed by atoms with Crippen LogP contribution < -0.4 is 4.90 Å². The largest absolute Gasteiger partial charge is 0.310 e. The van der Waals surface area contributed by atoms with Gasteiger partial charge in [0.25, 0.3) is 0 Å². The number of hydrogen-bond acceptors (Lipinski definition) is 1. The molecule has 2 nitrogen and oxygen atoms in total. The molecule has 9 aromatic carbocycles. The zero-order valence-corrected chi connectivity index (χ0v) is 33.0. The number of benzene rings is 9. The van der Waals surface area contributed by atoms with Crippen molar-refractivity contribution in [3.63, 3.8) is 0 Å². The van der Waals surface area contributed by atoms with Crippen LogP contribution >= 0.6 is 0 Å². The molecule has 1 aliphatic carbocycles. The highest BCUT2D eigenvalue weighted by Gasteiger charge is 2.35. The highest BCUT2D eigenvalue weighted by Crippen LogP contribution is 2.50. The Morgan fingerprint density at radius 2 is 1.02 bits per heavy atom. The Bertz CT molecular complexity index is 3340. The third-order valence-electron chi connectivity index (χ3n) is 12.2. The molecule has 0 unspecified atom stereocenters. The molecular weight excluding hydrogens is 713 g/mol. The minimum atomic E-state index is -0.294. The van der Waals surface area contributed by atoms with Crippen molar-refractivity contribution in [3.05, 3.63) is 229 Å². The van der Waals surface area contributed by atoms with Gasteiger partial charge in [-0.05, 0) is 128 Å². The minimum Gasteiger partial charge on any atom is -0.310 e. The predicted molar refractivity (Wildman–Crippen MR) is 251 cm³/mol. The second kappa shape index (κ2) is 13.9. The molecular formula is C57H42N2. The molecule has 0 N–H and O–H groups in total. The molecule has 1 heterocycles. The van der Waals surface area contributed by atoms with Crippen molar-refractivity contribution in [2.24, 2.45) is 0 Å². The fourth-order valence-corrected chi connectivity index (χ4v) is 9.18. The van der Waals surface area contributed by atoms with Gasteiger partial charge in [0.2, 0.25) is 0 Å². The third kappa shape index (κ3) is 5.96. The first-order chi connectivity index (χ1) is 29.8. The topological polar surface area (TPSA) is 8.17 Å². The van der Waals surface area contributed by atoms with E-state index in [1.54, 1.807) is 0 Å². The molecule has 0 fully saturated rings. The molecule has 1 aromatic heterocycles. The van der Waals surface area contributed by atoms with Crippen LogP contribution in [0.15, 0.2) is 206 Å². The molecule has 0 saturated heterocycles. The standard InChI is InChI=1S/C57H42N2/c1-57(2)53-35-40(22-21-39-23-29-47(30-24-39)58(45-15-5-3-6-16-45)48-31-26-41-13-9-10-14-42(41)36-48)25-32-49(53)50-33-27-44(38-54(50)57)43-28-34-56-52(37-43)51-19-11-12-20-55(51)59(56)46-17-7-4-8-18-46/h3-38H,1-2H3/b22-21+/i21D,22D. The van der Waals surface area contributed by atoms with Crippen LogP contribution in [0, 0.1) is 0 Å². The number of anilines is 3. The van der Waals surface area contributed by atoms with Gasteiger partial charge in [0.1, 0.15) is 0 Å². The molecule has 0 saturated carbocycles. The van der Waals surface area contributed by atoms with Crippen LogP contribution in [-0.4, -0.2) is 4.57 Å². The fraction of sp³-hybridized carbons (Fsp3) is 0.0526. The number of hydrogen-bond donors (Lipinski definition) is 0. The lowest BCUT2D eigenvalue weighted by Crippen LogP contribution is -2.15. The van der Waals surface area contributed by atoms with E-state index in [9.17, 15) is 2.74 Å². The quantitative estimate of drug-likeness (QED) is 0.147. The number of aromatic nitrogens is 1. The number of para-hydroxylation sites is 3. The lowest BCUT2D eigenvalue weighted by Gasteiger charge is -2.26. The molecule has 59 heavy (non-hydrogen) atoms. The van der Waals surface area contributed by atoms with Gasteiger partial charge in [0.15, 0.2) is 0 Å². The van der Waals surface area contributed by atoms with E-state index in [0.29, 0.717) is 5.56 Å². The van der Waals surface area contributed by atoms with E-state index in [1.807, 2.05) is 24.3 Å². The van der Waals surface area contributed by atoms with Crippen LogP contribution in [0.3, 0.4) is 0 Å². The number of rotatable bonds is 7. The van der Waals surface area contributed by atoms with Crippen LogP contribution in [0.1, 0.15) is 38.8 Å². The summed E-state index contributed by atoms with van der Waals surface area (Å²) in [6.07, 6.45) is 0. The summed E-state index contributed by atoms with van der Waals surface area (Å²) in [5, 5.41) is 4.85. The van der Waals surface area contributed by atoms with E-state index in [4.69, 9.17) is 0 Å². The van der Waals surface area contributed by atoms with Crippen molar-refractivity contribution in [2.75, 3.05) is 4.90 Å². The smallest absolute Gasteiger partial charge is 0.0629 e. The Morgan fingerprint density at radius 3 is 1.83 bits per heavy atom. The molecule has 0 bridgehead atoms. The maximum absolute atomic E-state index is 9.30. The van der Waals surface area contributed by atoms with Gasteiger partial charge in [-0.15, -0.1) is 0 Å². The molecule has 280 valence electrons. The minimum absolute atomic E-state index is 0.197. The first kappa shape index (κ1) is 32.6. The molecule has 0 spiro atoms. The van der Waals surface area contributed by atoms with Crippen molar-refractivity contribution in [1.29, 1.82) is 0 Å². The highest BCUT2D eigenvalue weighted by atomic mass is 15.1. The lowest BCUT2D eigenvalue weighted by molar-refractivity contribution is 0.660. The van der Waals surface area contributed by atoms with Crippen molar-refractivity contribution in [1.82, 2.24) is 4.57 Å². The molecule has 1 aliphatic rings. The van der Waals surface area contributed by atoms with Gasteiger partial charge in [-0.2, -0.15) is 0 Å². The maximum Gasteiger partial charge on any atom is 0.0629 e.